The quantitative estimate of drug-likeness (QED) is 0.252. The highest BCUT2D eigenvalue weighted by Crippen LogP contribution is 2.24. The molecule has 0 atom stereocenters. The van der Waals surface area contributed by atoms with Crippen LogP contribution < -0.4 is 4.90 Å². The van der Waals surface area contributed by atoms with Crippen LogP contribution in [0.2, 0.25) is 5.02 Å². The summed E-state index contributed by atoms with van der Waals surface area (Å²) in [4.78, 5) is 17.9. The van der Waals surface area contributed by atoms with Gasteiger partial charge in [0.2, 0.25) is 0 Å². The molecule has 0 spiro atoms. The summed E-state index contributed by atoms with van der Waals surface area (Å²) in [6, 6.07) is 21.3. The summed E-state index contributed by atoms with van der Waals surface area (Å²) in [5.41, 5.74) is 2.32. The smallest absolute Gasteiger partial charge is 0.337 e. The molecule has 0 aliphatic carbocycles. The first-order valence-electron chi connectivity index (χ1n) is 11.2. The summed E-state index contributed by atoms with van der Waals surface area (Å²) in [5, 5.41) is 9.96. The average Bonchev–Trinajstić information content (AvgIpc) is 3.28. The Balaban J connectivity index is 1.40. The number of aromatic carboxylic acids is 1. The number of carboxylic acids is 1. The number of hydrogen-bond acceptors (Lipinski definition) is 6. The van der Waals surface area contributed by atoms with Gasteiger partial charge in [-0.25, -0.2) is 13.2 Å². The number of para-hydroxylation sites is 2. The van der Waals surface area contributed by atoms with Crippen molar-refractivity contribution in [3.8, 4) is 0 Å². The molecule has 0 radical (unpaired) electrons. The largest absolute Gasteiger partial charge is 0.478 e. The van der Waals surface area contributed by atoms with E-state index in [9.17, 15) is 18.3 Å². The molecule has 1 heterocycles. The molecule has 1 N–H and O–H groups in total. The van der Waals surface area contributed by atoms with Crippen LogP contribution in [0.15, 0.2) is 82.1 Å². The first-order valence-corrected chi connectivity index (χ1v) is 13.3. The summed E-state index contributed by atoms with van der Waals surface area (Å²) in [7, 11) is -3.70. The second-order valence-corrected chi connectivity index (χ2v) is 10.7. The molecule has 3 aromatic carbocycles. The number of oxazole rings is 1. The zero-order chi connectivity index (χ0) is 24.8. The van der Waals surface area contributed by atoms with E-state index in [0.29, 0.717) is 49.0 Å². The van der Waals surface area contributed by atoms with Crippen LogP contribution in [0.1, 0.15) is 35.2 Å². The minimum absolute atomic E-state index is 0.114. The molecule has 35 heavy (non-hydrogen) atoms. The second-order valence-electron chi connectivity index (χ2n) is 8.19. The van der Waals surface area contributed by atoms with Crippen molar-refractivity contribution in [2.45, 2.75) is 30.7 Å². The summed E-state index contributed by atoms with van der Waals surface area (Å²) in [6.45, 7) is 1.18. The van der Waals surface area contributed by atoms with Crippen LogP contribution in [0.3, 0.4) is 0 Å². The molecule has 0 aliphatic rings. The fourth-order valence-electron chi connectivity index (χ4n) is 3.84. The minimum Gasteiger partial charge on any atom is -0.478 e. The van der Waals surface area contributed by atoms with E-state index in [1.165, 1.54) is 24.3 Å². The van der Waals surface area contributed by atoms with Gasteiger partial charge in [-0.15, -0.1) is 0 Å². The lowest BCUT2D eigenvalue weighted by Gasteiger charge is -2.21. The van der Waals surface area contributed by atoms with Gasteiger partial charge in [0, 0.05) is 18.1 Å². The Kier molecular flexibility index (Phi) is 7.73. The number of carbonyl (C=O) groups is 1. The number of nitrogens with zero attached hydrogens (tertiary/aromatic N) is 2. The monoisotopic (exact) mass is 512 g/mol. The van der Waals surface area contributed by atoms with E-state index in [1.807, 2.05) is 53.4 Å². The van der Waals surface area contributed by atoms with Crippen LogP contribution in [0.4, 0.5) is 6.01 Å². The van der Waals surface area contributed by atoms with E-state index < -0.39 is 15.8 Å². The van der Waals surface area contributed by atoms with E-state index >= 15 is 0 Å². The standard InChI is InChI=1S/C26H25ClN2O5S/c27-20-14-12-19(13-15-20)18-29(26-28-22-9-3-4-10-23(22)34-26)16-6-1-7-17-35(32,33)24-11-5-2-8-21(24)25(30)31/h2-5,8-15H,1,6-7,16-18H2,(H,30,31). The number of carboxylic acid groups (broad SMARTS) is 1. The summed E-state index contributed by atoms with van der Waals surface area (Å²) < 4.78 is 31.4. The Labute approximate surface area is 208 Å². The maximum atomic E-state index is 12.7. The van der Waals surface area contributed by atoms with E-state index in [4.69, 9.17) is 16.0 Å². The third-order valence-corrected chi connectivity index (χ3v) is 7.74. The van der Waals surface area contributed by atoms with Gasteiger partial charge >= 0.3 is 5.97 Å². The van der Waals surface area contributed by atoms with Gasteiger partial charge < -0.3 is 14.4 Å². The average molecular weight is 513 g/mol. The fraction of sp³-hybridized carbons (Fsp3) is 0.231. The highest BCUT2D eigenvalue weighted by atomic mass is 35.5. The van der Waals surface area contributed by atoms with Crippen molar-refractivity contribution in [3.05, 3.63) is 88.9 Å². The number of rotatable bonds is 11. The number of hydrogen-bond donors (Lipinski definition) is 1. The molecule has 0 amide bonds. The van der Waals surface area contributed by atoms with Gasteiger partial charge in [0.05, 0.1) is 16.2 Å². The number of anilines is 1. The summed E-state index contributed by atoms with van der Waals surface area (Å²) in [5.74, 6) is -1.36. The first-order chi connectivity index (χ1) is 16.8. The Morgan fingerprint density at radius 2 is 1.66 bits per heavy atom. The molecule has 0 unspecified atom stereocenters. The normalized spacial score (nSPS) is 11.6. The molecule has 4 aromatic rings. The number of benzene rings is 3. The van der Waals surface area contributed by atoms with Gasteiger partial charge in [-0.05, 0) is 54.8 Å². The van der Waals surface area contributed by atoms with E-state index in [0.717, 1.165) is 11.1 Å². The molecule has 0 saturated carbocycles. The molecule has 1 aromatic heterocycles. The topological polar surface area (TPSA) is 101 Å². The van der Waals surface area contributed by atoms with Gasteiger partial charge in [-0.3, -0.25) is 0 Å². The van der Waals surface area contributed by atoms with Crippen molar-refractivity contribution in [1.82, 2.24) is 4.98 Å². The molecule has 0 bridgehead atoms. The van der Waals surface area contributed by atoms with Crippen LogP contribution in [0.5, 0.6) is 0 Å². The Morgan fingerprint density at radius 3 is 2.40 bits per heavy atom. The predicted octanol–water partition coefficient (Wildman–Crippen LogP) is 5.83. The highest BCUT2D eigenvalue weighted by molar-refractivity contribution is 7.91. The van der Waals surface area contributed by atoms with Crippen molar-refractivity contribution in [2.24, 2.45) is 0 Å². The Morgan fingerprint density at radius 1 is 0.943 bits per heavy atom. The van der Waals surface area contributed by atoms with Crippen LogP contribution in [0, 0.1) is 0 Å². The number of fused-ring (bicyclic) bond motifs is 1. The number of halogens is 1. The maximum Gasteiger partial charge on any atom is 0.337 e. The lowest BCUT2D eigenvalue weighted by Crippen LogP contribution is -2.24. The SMILES string of the molecule is O=C(O)c1ccccc1S(=O)(=O)CCCCCN(Cc1ccc(Cl)cc1)c1nc2ccccc2o1. The van der Waals surface area contributed by atoms with Gasteiger partial charge in [-0.1, -0.05) is 54.4 Å². The molecule has 0 aliphatic heterocycles. The maximum absolute atomic E-state index is 12.7. The molecule has 182 valence electrons. The number of aromatic nitrogens is 1. The van der Waals surface area contributed by atoms with E-state index in [-0.39, 0.29) is 16.2 Å². The molecular weight excluding hydrogens is 488 g/mol. The first kappa shape index (κ1) is 24.8. The second kappa shape index (κ2) is 10.9. The molecule has 9 heteroatoms. The fourth-order valence-corrected chi connectivity index (χ4v) is 5.55. The number of unbranched alkanes of at least 4 members (excludes halogenated alkanes) is 2. The van der Waals surface area contributed by atoms with Crippen LogP contribution in [-0.4, -0.2) is 36.8 Å². The summed E-state index contributed by atoms with van der Waals surface area (Å²) >= 11 is 6.02. The molecule has 7 nitrogen and oxygen atoms in total. The van der Waals surface area contributed by atoms with Crippen molar-refractivity contribution >= 4 is 44.5 Å². The van der Waals surface area contributed by atoms with E-state index in [2.05, 4.69) is 4.98 Å². The Bertz CT molecular complexity index is 1380. The molecule has 0 fully saturated rings. The zero-order valence-electron chi connectivity index (χ0n) is 18.9. The van der Waals surface area contributed by atoms with Crippen LogP contribution in [0.25, 0.3) is 11.1 Å². The van der Waals surface area contributed by atoms with Crippen LogP contribution in [-0.2, 0) is 16.4 Å². The van der Waals surface area contributed by atoms with Crippen molar-refractivity contribution < 1.29 is 22.7 Å². The van der Waals surface area contributed by atoms with Gasteiger partial charge in [0.25, 0.3) is 6.01 Å². The van der Waals surface area contributed by atoms with Crippen molar-refractivity contribution in [1.29, 1.82) is 0 Å². The lowest BCUT2D eigenvalue weighted by molar-refractivity contribution is 0.0692. The van der Waals surface area contributed by atoms with Crippen LogP contribution >= 0.6 is 11.6 Å². The predicted molar refractivity (Wildman–Crippen MR) is 136 cm³/mol. The third-order valence-electron chi connectivity index (χ3n) is 5.63. The number of sulfone groups is 1. The summed E-state index contributed by atoms with van der Waals surface area (Å²) in [6.07, 6.45) is 1.77. The lowest BCUT2D eigenvalue weighted by atomic mass is 10.2. The molecule has 4 rings (SSSR count). The van der Waals surface area contributed by atoms with Gasteiger partial charge in [-0.2, -0.15) is 4.98 Å². The minimum atomic E-state index is -3.70. The van der Waals surface area contributed by atoms with Gasteiger partial charge in [0.15, 0.2) is 15.4 Å². The Hall–Kier alpha value is -3.36. The molecule has 0 saturated heterocycles. The third kappa shape index (κ3) is 6.21. The molecular formula is C26H25ClN2O5S. The van der Waals surface area contributed by atoms with E-state index in [1.54, 1.807) is 0 Å². The van der Waals surface area contributed by atoms with Crippen molar-refractivity contribution in [3.63, 3.8) is 0 Å². The van der Waals surface area contributed by atoms with Gasteiger partial charge in [0.1, 0.15) is 5.52 Å². The zero-order valence-corrected chi connectivity index (χ0v) is 20.5. The highest BCUT2D eigenvalue weighted by Gasteiger charge is 2.21. The van der Waals surface area contributed by atoms with Crippen molar-refractivity contribution in [2.75, 3.05) is 17.2 Å².